The summed E-state index contributed by atoms with van der Waals surface area (Å²) in [6.45, 7) is 0.421. The fourth-order valence-corrected chi connectivity index (χ4v) is 1.72. The van der Waals surface area contributed by atoms with E-state index in [0.717, 1.165) is 5.56 Å². The van der Waals surface area contributed by atoms with Gasteiger partial charge in [-0.15, -0.1) is 0 Å². The number of ether oxygens (including phenoxy) is 2. The molecule has 0 aliphatic rings. The van der Waals surface area contributed by atoms with Crippen molar-refractivity contribution in [2.45, 2.75) is 6.54 Å². The Morgan fingerprint density at radius 2 is 1.43 bits per heavy atom. The molecule has 2 aromatic carbocycles. The maximum atomic E-state index is 11.9. The Hall–Kier alpha value is -2.66. The lowest BCUT2D eigenvalue weighted by Gasteiger charge is -2.06. The van der Waals surface area contributed by atoms with Crippen LogP contribution < -0.4 is 10.5 Å². The van der Waals surface area contributed by atoms with E-state index >= 15 is 0 Å². The van der Waals surface area contributed by atoms with Crippen molar-refractivity contribution in [3.8, 4) is 5.75 Å². The third kappa shape index (κ3) is 3.67. The van der Waals surface area contributed by atoms with Gasteiger partial charge >= 0.3 is 11.9 Å². The summed E-state index contributed by atoms with van der Waals surface area (Å²) in [6, 6.07) is 13.0. The van der Waals surface area contributed by atoms with Crippen molar-refractivity contribution in [2.75, 3.05) is 7.11 Å². The van der Waals surface area contributed by atoms with Crippen molar-refractivity contribution in [1.29, 1.82) is 0 Å². The number of hydrogen-bond donors (Lipinski definition) is 1. The molecule has 0 aromatic heterocycles. The highest BCUT2D eigenvalue weighted by Gasteiger charge is 2.10. The molecule has 0 spiro atoms. The minimum absolute atomic E-state index is 0.357. The molecule has 0 saturated carbocycles. The quantitative estimate of drug-likeness (QED) is 0.688. The van der Waals surface area contributed by atoms with Gasteiger partial charge in [0.05, 0.1) is 18.2 Å². The zero-order chi connectivity index (χ0) is 15.2. The summed E-state index contributed by atoms with van der Waals surface area (Å²) in [5.41, 5.74) is 7.26. The molecule has 2 rings (SSSR count). The number of rotatable bonds is 4. The van der Waals surface area contributed by atoms with E-state index in [9.17, 15) is 9.59 Å². The van der Waals surface area contributed by atoms with Gasteiger partial charge in [0, 0.05) is 6.54 Å². The van der Waals surface area contributed by atoms with Gasteiger partial charge in [-0.25, -0.2) is 9.59 Å². The van der Waals surface area contributed by atoms with Crippen LogP contribution in [-0.2, 0) is 11.3 Å². The van der Waals surface area contributed by atoms with Gasteiger partial charge in [0.2, 0.25) is 0 Å². The first-order valence-corrected chi connectivity index (χ1v) is 6.33. The summed E-state index contributed by atoms with van der Waals surface area (Å²) < 4.78 is 9.81. The molecule has 0 aliphatic carbocycles. The maximum Gasteiger partial charge on any atom is 0.343 e. The molecule has 0 aliphatic heterocycles. The normalized spacial score (nSPS) is 10.0. The van der Waals surface area contributed by atoms with Gasteiger partial charge < -0.3 is 15.2 Å². The number of benzene rings is 2. The van der Waals surface area contributed by atoms with Crippen LogP contribution in [0, 0.1) is 0 Å². The van der Waals surface area contributed by atoms with E-state index < -0.39 is 11.9 Å². The molecule has 0 unspecified atom stereocenters. The molecule has 21 heavy (non-hydrogen) atoms. The Bertz CT molecular complexity index is 632. The highest BCUT2D eigenvalue weighted by molar-refractivity contribution is 5.92. The molecule has 2 N–H and O–H groups in total. The average Bonchev–Trinajstić information content (AvgIpc) is 2.55. The first kappa shape index (κ1) is 14.7. The van der Waals surface area contributed by atoms with Crippen LogP contribution in [0.25, 0.3) is 0 Å². The summed E-state index contributed by atoms with van der Waals surface area (Å²) in [6.07, 6.45) is 0. The summed E-state index contributed by atoms with van der Waals surface area (Å²) in [4.78, 5) is 23.2. The van der Waals surface area contributed by atoms with E-state index in [1.165, 1.54) is 19.2 Å². The van der Waals surface area contributed by atoms with Crippen molar-refractivity contribution in [3.63, 3.8) is 0 Å². The molecule has 5 nitrogen and oxygen atoms in total. The van der Waals surface area contributed by atoms with Gasteiger partial charge in [-0.2, -0.15) is 0 Å². The molecular weight excluding hydrogens is 270 g/mol. The molecule has 5 heteroatoms. The van der Waals surface area contributed by atoms with Gasteiger partial charge in [-0.3, -0.25) is 0 Å². The lowest BCUT2D eigenvalue weighted by Crippen LogP contribution is -2.09. The van der Waals surface area contributed by atoms with Crippen molar-refractivity contribution in [3.05, 3.63) is 65.2 Å². The Kier molecular flexibility index (Phi) is 4.68. The zero-order valence-corrected chi connectivity index (χ0v) is 11.5. The largest absolute Gasteiger partial charge is 0.465 e. The van der Waals surface area contributed by atoms with Crippen LogP contribution in [0.2, 0.25) is 0 Å². The molecule has 0 bridgehead atoms. The van der Waals surface area contributed by atoms with Crippen molar-refractivity contribution >= 4 is 11.9 Å². The Morgan fingerprint density at radius 3 is 1.95 bits per heavy atom. The maximum absolute atomic E-state index is 11.9. The van der Waals surface area contributed by atoms with Crippen molar-refractivity contribution < 1.29 is 19.1 Å². The van der Waals surface area contributed by atoms with E-state index in [4.69, 9.17) is 10.5 Å². The van der Waals surface area contributed by atoms with E-state index in [-0.39, 0.29) is 0 Å². The van der Waals surface area contributed by atoms with E-state index in [1.807, 2.05) is 0 Å². The monoisotopic (exact) mass is 285 g/mol. The molecule has 0 heterocycles. The Labute approximate surface area is 122 Å². The molecule has 108 valence electrons. The van der Waals surface area contributed by atoms with Gasteiger partial charge in [0.15, 0.2) is 0 Å². The molecule has 0 radical (unpaired) electrons. The predicted molar refractivity (Wildman–Crippen MR) is 77.1 cm³/mol. The first-order valence-electron chi connectivity index (χ1n) is 6.33. The Balaban J connectivity index is 2.06. The van der Waals surface area contributed by atoms with Gasteiger partial charge in [0.25, 0.3) is 0 Å². The van der Waals surface area contributed by atoms with Gasteiger partial charge in [-0.05, 0) is 42.0 Å². The summed E-state index contributed by atoms with van der Waals surface area (Å²) >= 11 is 0. The fraction of sp³-hybridized carbons (Fsp3) is 0.125. The molecule has 0 atom stereocenters. The number of esters is 2. The third-order valence-corrected chi connectivity index (χ3v) is 2.91. The van der Waals surface area contributed by atoms with Crippen LogP contribution in [0.1, 0.15) is 26.3 Å². The topological polar surface area (TPSA) is 78.6 Å². The molecule has 0 saturated heterocycles. The van der Waals surface area contributed by atoms with Gasteiger partial charge in [-0.1, -0.05) is 12.1 Å². The second-order valence-corrected chi connectivity index (χ2v) is 4.31. The van der Waals surface area contributed by atoms with E-state index in [1.54, 1.807) is 36.4 Å². The number of carbonyl (C=O) groups excluding carboxylic acids is 2. The minimum Gasteiger partial charge on any atom is -0.465 e. The third-order valence-electron chi connectivity index (χ3n) is 2.91. The lowest BCUT2D eigenvalue weighted by molar-refractivity contribution is 0.0600. The van der Waals surface area contributed by atoms with Crippen LogP contribution >= 0.6 is 0 Å². The summed E-state index contributed by atoms with van der Waals surface area (Å²) in [7, 11) is 1.31. The number of carbonyl (C=O) groups is 2. The van der Waals surface area contributed by atoms with Gasteiger partial charge in [0.1, 0.15) is 5.75 Å². The predicted octanol–water partition coefficient (Wildman–Crippen LogP) is 2.15. The average molecular weight is 285 g/mol. The summed E-state index contributed by atoms with van der Waals surface area (Å²) in [5, 5.41) is 0. The fourth-order valence-electron chi connectivity index (χ4n) is 1.72. The SMILES string of the molecule is COC(=O)c1ccc(OC(=O)c2ccc(CN)cc2)cc1. The second kappa shape index (κ2) is 6.67. The highest BCUT2D eigenvalue weighted by atomic mass is 16.5. The van der Waals surface area contributed by atoms with Crippen molar-refractivity contribution in [1.82, 2.24) is 0 Å². The standard InChI is InChI=1S/C16H15NO4/c1-20-15(18)12-6-8-14(9-7-12)21-16(19)13-4-2-11(10-17)3-5-13/h2-9H,10,17H2,1H3. The lowest BCUT2D eigenvalue weighted by atomic mass is 10.1. The minimum atomic E-state index is -0.468. The van der Waals surface area contributed by atoms with Crippen LogP contribution in [0.4, 0.5) is 0 Å². The zero-order valence-electron chi connectivity index (χ0n) is 11.5. The molecule has 2 aromatic rings. The van der Waals surface area contributed by atoms with Crippen molar-refractivity contribution in [2.24, 2.45) is 5.73 Å². The molecule has 0 amide bonds. The van der Waals surface area contributed by atoms with Crippen LogP contribution in [0.5, 0.6) is 5.75 Å². The summed E-state index contributed by atoms with van der Waals surface area (Å²) in [5.74, 6) is -0.551. The number of methoxy groups -OCH3 is 1. The van der Waals surface area contributed by atoms with E-state index in [2.05, 4.69) is 4.74 Å². The second-order valence-electron chi connectivity index (χ2n) is 4.31. The van der Waals surface area contributed by atoms with E-state index in [0.29, 0.717) is 23.4 Å². The van der Waals surface area contributed by atoms with Crippen LogP contribution in [-0.4, -0.2) is 19.0 Å². The number of hydrogen-bond acceptors (Lipinski definition) is 5. The first-order chi connectivity index (χ1) is 10.1. The smallest absolute Gasteiger partial charge is 0.343 e. The van der Waals surface area contributed by atoms with Crippen LogP contribution in [0.15, 0.2) is 48.5 Å². The Morgan fingerprint density at radius 1 is 0.905 bits per heavy atom. The molecule has 0 fully saturated rings. The molecular formula is C16H15NO4. The van der Waals surface area contributed by atoms with Crippen LogP contribution in [0.3, 0.4) is 0 Å². The number of nitrogens with two attached hydrogens (primary N) is 1. The highest BCUT2D eigenvalue weighted by Crippen LogP contribution is 2.15.